The number of rotatable bonds is 7. The zero-order valence-electron chi connectivity index (χ0n) is 33.3. The summed E-state index contributed by atoms with van der Waals surface area (Å²) in [5, 5.41) is 0. The van der Waals surface area contributed by atoms with Crippen LogP contribution < -0.4 is 4.90 Å². The summed E-state index contributed by atoms with van der Waals surface area (Å²) in [6.45, 7) is 4.77. The lowest BCUT2D eigenvalue weighted by Crippen LogP contribution is -2.28. The van der Waals surface area contributed by atoms with E-state index < -0.39 is 5.41 Å². The lowest BCUT2D eigenvalue weighted by molar-refractivity contribution is 0.660. The van der Waals surface area contributed by atoms with Gasteiger partial charge in [-0.25, -0.2) is 0 Å². The fourth-order valence-electron chi connectivity index (χ4n) is 10.1. The molecule has 0 heterocycles. The molecule has 59 heavy (non-hydrogen) atoms. The molecule has 0 amide bonds. The molecule has 0 radical (unpaired) electrons. The molecule has 1 nitrogen and oxygen atoms in total. The number of benzene rings is 9. The van der Waals surface area contributed by atoms with Gasteiger partial charge in [0, 0.05) is 22.5 Å². The van der Waals surface area contributed by atoms with Crippen molar-refractivity contribution in [3.63, 3.8) is 0 Å². The Labute approximate surface area is 347 Å². The molecule has 0 atom stereocenters. The predicted octanol–water partition coefficient (Wildman–Crippen LogP) is 15.2. The van der Waals surface area contributed by atoms with Crippen LogP contribution in [-0.4, -0.2) is 0 Å². The molecule has 1 heteroatoms. The van der Waals surface area contributed by atoms with E-state index in [0.29, 0.717) is 0 Å². The fraction of sp³-hybridized carbons (Fsp3) is 0.0690. The van der Waals surface area contributed by atoms with E-state index in [2.05, 4.69) is 243 Å². The zero-order chi connectivity index (χ0) is 39.6. The number of anilines is 3. The predicted molar refractivity (Wildman–Crippen MR) is 247 cm³/mol. The van der Waals surface area contributed by atoms with Gasteiger partial charge in [-0.1, -0.05) is 196 Å². The van der Waals surface area contributed by atoms with E-state index in [0.717, 1.165) is 17.1 Å². The van der Waals surface area contributed by atoms with Crippen LogP contribution in [0.5, 0.6) is 0 Å². The summed E-state index contributed by atoms with van der Waals surface area (Å²) in [5.74, 6) is 0. The van der Waals surface area contributed by atoms with Crippen LogP contribution in [0.4, 0.5) is 17.1 Å². The molecule has 2 aliphatic rings. The lowest BCUT2D eigenvalue weighted by atomic mass is 9.67. The first-order valence-electron chi connectivity index (χ1n) is 20.7. The number of hydrogen-bond donors (Lipinski definition) is 0. The highest BCUT2D eigenvalue weighted by Crippen LogP contribution is 2.57. The average molecular weight is 754 g/mol. The van der Waals surface area contributed by atoms with E-state index in [1.54, 1.807) is 0 Å². The molecule has 0 aromatic heterocycles. The van der Waals surface area contributed by atoms with Gasteiger partial charge in [0.1, 0.15) is 0 Å². The summed E-state index contributed by atoms with van der Waals surface area (Å²) in [4.78, 5) is 2.46. The summed E-state index contributed by atoms with van der Waals surface area (Å²) < 4.78 is 0. The third-order valence-corrected chi connectivity index (χ3v) is 13.0. The van der Waals surface area contributed by atoms with Gasteiger partial charge in [-0.15, -0.1) is 0 Å². The van der Waals surface area contributed by atoms with Gasteiger partial charge in [-0.2, -0.15) is 0 Å². The van der Waals surface area contributed by atoms with Crippen LogP contribution >= 0.6 is 0 Å². The van der Waals surface area contributed by atoms with Crippen LogP contribution in [0, 0.1) is 0 Å². The summed E-state index contributed by atoms with van der Waals surface area (Å²) in [6.07, 6.45) is 0. The Morgan fingerprint density at radius 3 is 1.37 bits per heavy atom. The summed E-state index contributed by atoms with van der Waals surface area (Å²) in [6, 6.07) is 83.0. The number of hydrogen-bond acceptors (Lipinski definition) is 1. The monoisotopic (exact) mass is 753 g/mol. The maximum atomic E-state index is 2.46. The van der Waals surface area contributed by atoms with Crippen LogP contribution in [-0.2, 0) is 10.8 Å². The Balaban J connectivity index is 1.10. The van der Waals surface area contributed by atoms with Crippen LogP contribution in [0.15, 0.2) is 224 Å². The van der Waals surface area contributed by atoms with E-state index in [1.807, 2.05) is 0 Å². The minimum Gasteiger partial charge on any atom is -0.310 e. The molecule has 2 aliphatic carbocycles. The van der Waals surface area contributed by atoms with E-state index >= 15 is 0 Å². The normalized spacial score (nSPS) is 13.9. The smallest absolute Gasteiger partial charge is 0.0714 e. The van der Waals surface area contributed by atoms with Gasteiger partial charge in [0.2, 0.25) is 0 Å². The van der Waals surface area contributed by atoms with E-state index in [-0.39, 0.29) is 5.41 Å². The molecule has 11 rings (SSSR count). The molecule has 0 saturated heterocycles. The summed E-state index contributed by atoms with van der Waals surface area (Å²) >= 11 is 0. The first kappa shape index (κ1) is 35.0. The lowest BCUT2D eigenvalue weighted by Gasteiger charge is -2.35. The maximum Gasteiger partial charge on any atom is 0.0714 e. The number of nitrogens with zero attached hydrogens (tertiary/aromatic N) is 1. The highest BCUT2D eigenvalue weighted by atomic mass is 15.1. The van der Waals surface area contributed by atoms with Gasteiger partial charge >= 0.3 is 0 Å². The molecule has 0 N–H and O–H groups in total. The Kier molecular flexibility index (Phi) is 8.13. The van der Waals surface area contributed by atoms with Crippen molar-refractivity contribution in [2.24, 2.45) is 0 Å². The van der Waals surface area contributed by atoms with Gasteiger partial charge < -0.3 is 4.90 Å². The quantitative estimate of drug-likeness (QED) is 0.157. The maximum absolute atomic E-state index is 2.46. The highest BCUT2D eigenvalue weighted by molar-refractivity contribution is 5.89. The Hall–Kier alpha value is -7.22. The van der Waals surface area contributed by atoms with Crippen LogP contribution in [0.2, 0.25) is 0 Å². The van der Waals surface area contributed by atoms with Crippen molar-refractivity contribution in [2.75, 3.05) is 4.90 Å². The minimum absolute atomic E-state index is 0.190. The standard InChI is InChI=1S/C58H43N/c1-57(2)55-37-43(41-19-8-4-9-20-41)31-35-51(55)52-36-34-48(39-56(52)57)59(46-32-29-42(30-33-46)40-17-6-3-7-18-40)47-24-16-23-45(38-47)58(44-21-10-5-11-22-44)53-27-14-12-25-49(53)50-26-13-15-28-54(50)58/h3-39H,1-2H3. The molecule has 0 fully saturated rings. The second-order valence-electron chi connectivity index (χ2n) is 16.5. The molecular weight excluding hydrogens is 711 g/mol. The van der Waals surface area contributed by atoms with Gasteiger partial charge in [-0.3, -0.25) is 0 Å². The largest absolute Gasteiger partial charge is 0.310 e. The van der Waals surface area contributed by atoms with Crippen molar-refractivity contribution >= 4 is 17.1 Å². The van der Waals surface area contributed by atoms with Crippen molar-refractivity contribution in [3.05, 3.63) is 258 Å². The van der Waals surface area contributed by atoms with E-state index in [4.69, 9.17) is 0 Å². The first-order chi connectivity index (χ1) is 29.0. The molecule has 0 unspecified atom stereocenters. The Morgan fingerprint density at radius 2 is 0.729 bits per heavy atom. The topological polar surface area (TPSA) is 3.24 Å². The van der Waals surface area contributed by atoms with Crippen LogP contribution in [0.3, 0.4) is 0 Å². The third kappa shape index (κ3) is 5.46. The van der Waals surface area contributed by atoms with Crippen molar-refractivity contribution in [2.45, 2.75) is 24.7 Å². The second-order valence-corrected chi connectivity index (χ2v) is 16.5. The summed E-state index contributed by atoms with van der Waals surface area (Å²) in [7, 11) is 0. The number of fused-ring (bicyclic) bond motifs is 6. The molecular formula is C58H43N. The molecule has 280 valence electrons. The van der Waals surface area contributed by atoms with Crippen molar-refractivity contribution in [3.8, 4) is 44.5 Å². The average Bonchev–Trinajstić information content (AvgIpc) is 3.73. The van der Waals surface area contributed by atoms with Gasteiger partial charge in [0.25, 0.3) is 0 Å². The van der Waals surface area contributed by atoms with Gasteiger partial charge in [-0.05, 0) is 120 Å². The first-order valence-corrected chi connectivity index (χ1v) is 20.7. The van der Waals surface area contributed by atoms with Crippen molar-refractivity contribution in [1.82, 2.24) is 0 Å². The molecule has 0 bridgehead atoms. The Bertz CT molecular complexity index is 2950. The van der Waals surface area contributed by atoms with Crippen molar-refractivity contribution < 1.29 is 0 Å². The molecule has 9 aromatic rings. The minimum atomic E-state index is -0.495. The highest BCUT2D eigenvalue weighted by Gasteiger charge is 2.46. The fourth-order valence-corrected chi connectivity index (χ4v) is 10.1. The molecule has 0 aliphatic heterocycles. The zero-order valence-corrected chi connectivity index (χ0v) is 33.3. The van der Waals surface area contributed by atoms with Gasteiger partial charge in [0.15, 0.2) is 0 Å². The van der Waals surface area contributed by atoms with Crippen LogP contribution in [0.25, 0.3) is 44.5 Å². The van der Waals surface area contributed by atoms with E-state index in [9.17, 15) is 0 Å². The van der Waals surface area contributed by atoms with E-state index in [1.165, 1.54) is 77.9 Å². The van der Waals surface area contributed by atoms with Gasteiger partial charge in [0.05, 0.1) is 5.41 Å². The Morgan fingerprint density at radius 1 is 0.288 bits per heavy atom. The molecule has 0 saturated carbocycles. The molecule has 0 spiro atoms. The van der Waals surface area contributed by atoms with Crippen LogP contribution in [0.1, 0.15) is 47.2 Å². The third-order valence-electron chi connectivity index (χ3n) is 13.0. The SMILES string of the molecule is CC1(C)c2cc(-c3ccccc3)ccc2-c2ccc(N(c3ccc(-c4ccccc4)cc3)c3cccc(C4(c5ccccc5)c5ccccc5-c5ccccc54)c3)cc21. The van der Waals surface area contributed by atoms with Crippen molar-refractivity contribution in [1.29, 1.82) is 0 Å². The second kappa shape index (κ2) is 13.7. The summed E-state index contributed by atoms with van der Waals surface area (Å²) in [5.41, 5.74) is 20.7. The molecule has 9 aromatic carbocycles.